The van der Waals surface area contributed by atoms with Crippen molar-refractivity contribution >= 4 is 5.97 Å². The van der Waals surface area contributed by atoms with E-state index in [-0.39, 0.29) is 5.92 Å². The number of rotatable bonds is 9. The molecular weight excluding hydrogens is 312 g/mol. The van der Waals surface area contributed by atoms with E-state index in [0.717, 1.165) is 31.2 Å². The molecule has 3 nitrogen and oxygen atoms in total. The topological polar surface area (TPSA) is 46.5 Å². The molecule has 0 heterocycles. The van der Waals surface area contributed by atoms with Crippen molar-refractivity contribution in [2.45, 2.75) is 38.7 Å². The molecule has 0 aliphatic rings. The lowest BCUT2D eigenvalue weighted by Crippen LogP contribution is -2.11. The smallest absolute Gasteiger partial charge is 0.342 e. The third kappa shape index (κ3) is 6.20. The molecule has 0 aromatic heterocycles. The second-order valence-corrected chi connectivity index (χ2v) is 6.12. The number of aliphatic hydroxyl groups excluding tert-OH is 1. The Labute approximate surface area is 150 Å². The number of carbonyl (C=O) groups is 1. The van der Waals surface area contributed by atoms with Crippen molar-refractivity contribution in [1.82, 2.24) is 0 Å². The van der Waals surface area contributed by atoms with Crippen LogP contribution in [0.2, 0.25) is 0 Å². The number of hydrogen-bond acceptors (Lipinski definition) is 3. The average molecular weight is 338 g/mol. The summed E-state index contributed by atoms with van der Waals surface area (Å²) in [4.78, 5) is 12.0. The first-order chi connectivity index (χ1) is 12.2. The Balaban J connectivity index is 2.01. The summed E-state index contributed by atoms with van der Waals surface area (Å²) in [6.45, 7) is 2.15. The zero-order valence-electron chi connectivity index (χ0n) is 14.7. The third-order valence-corrected chi connectivity index (χ3v) is 4.20. The van der Waals surface area contributed by atoms with Crippen LogP contribution >= 0.6 is 0 Å². The highest BCUT2D eigenvalue weighted by molar-refractivity contribution is 5.89. The standard InChI is InChI=1S/C22H26O3/c1-2-3-6-11-19(21(23)18-12-7-4-8-13-18)16-17-25-22(24)20-14-9-5-10-15-20/h4-5,7-10,12-17,19,21,23H,2-3,6,11H2,1H3/b17-16+/t19-,21+/m0/s1. The quantitative estimate of drug-likeness (QED) is 0.384. The first-order valence-electron chi connectivity index (χ1n) is 8.88. The summed E-state index contributed by atoms with van der Waals surface area (Å²) in [6.07, 6.45) is 6.73. The predicted octanol–water partition coefficient (Wildman–Crippen LogP) is 5.29. The summed E-state index contributed by atoms with van der Waals surface area (Å²) in [5.41, 5.74) is 1.39. The van der Waals surface area contributed by atoms with Crippen LogP contribution in [0.15, 0.2) is 73.0 Å². The molecule has 1 N–H and O–H groups in total. The number of ether oxygens (including phenoxy) is 1. The van der Waals surface area contributed by atoms with E-state index in [0.29, 0.717) is 5.56 Å². The summed E-state index contributed by atoms with van der Waals surface area (Å²) < 4.78 is 5.22. The van der Waals surface area contributed by atoms with E-state index in [4.69, 9.17) is 4.74 Å². The van der Waals surface area contributed by atoms with Gasteiger partial charge in [0.1, 0.15) is 0 Å². The average Bonchev–Trinajstić information content (AvgIpc) is 2.67. The van der Waals surface area contributed by atoms with Gasteiger partial charge in [-0.3, -0.25) is 0 Å². The zero-order chi connectivity index (χ0) is 17.9. The monoisotopic (exact) mass is 338 g/mol. The van der Waals surface area contributed by atoms with Crippen LogP contribution < -0.4 is 0 Å². The van der Waals surface area contributed by atoms with Gasteiger partial charge < -0.3 is 9.84 Å². The van der Waals surface area contributed by atoms with Gasteiger partial charge in [0.2, 0.25) is 0 Å². The molecule has 3 heteroatoms. The second kappa shape index (κ2) is 10.5. The minimum atomic E-state index is -0.607. The Morgan fingerprint density at radius 2 is 1.68 bits per heavy atom. The molecular formula is C22H26O3. The van der Waals surface area contributed by atoms with Crippen LogP contribution in [0, 0.1) is 5.92 Å². The van der Waals surface area contributed by atoms with Gasteiger partial charge in [0, 0.05) is 5.92 Å². The number of carbonyl (C=O) groups excluding carboxylic acids is 1. The molecule has 0 aliphatic heterocycles. The summed E-state index contributed by atoms with van der Waals surface area (Å²) in [5, 5.41) is 10.7. The van der Waals surface area contributed by atoms with Gasteiger partial charge in [0.05, 0.1) is 17.9 Å². The van der Waals surface area contributed by atoms with Crippen molar-refractivity contribution < 1.29 is 14.6 Å². The number of aliphatic hydroxyl groups is 1. The highest BCUT2D eigenvalue weighted by atomic mass is 16.5. The van der Waals surface area contributed by atoms with Crippen LogP contribution in [-0.4, -0.2) is 11.1 Å². The molecule has 0 fully saturated rings. The van der Waals surface area contributed by atoms with Crippen LogP contribution in [-0.2, 0) is 4.74 Å². The van der Waals surface area contributed by atoms with Gasteiger partial charge in [0.25, 0.3) is 0 Å². The minimum absolute atomic E-state index is 0.0856. The van der Waals surface area contributed by atoms with Gasteiger partial charge in [-0.2, -0.15) is 0 Å². The zero-order valence-corrected chi connectivity index (χ0v) is 14.7. The maximum absolute atomic E-state index is 12.0. The molecule has 0 saturated heterocycles. The van der Waals surface area contributed by atoms with Crippen molar-refractivity contribution in [3.05, 3.63) is 84.1 Å². The summed E-state index contributed by atoms with van der Waals surface area (Å²) in [5.74, 6) is -0.476. The van der Waals surface area contributed by atoms with Gasteiger partial charge in [0.15, 0.2) is 0 Å². The second-order valence-electron chi connectivity index (χ2n) is 6.12. The maximum Gasteiger partial charge on any atom is 0.342 e. The number of hydrogen-bond donors (Lipinski definition) is 1. The van der Waals surface area contributed by atoms with Crippen LogP contribution in [0.25, 0.3) is 0 Å². The summed E-state index contributed by atoms with van der Waals surface area (Å²) in [6, 6.07) is 18.5. The lowest BCUT2D eigenvalue weighted by molar-refractivity contribution is 0.0655. The molecule has 132 valence electrons. The predicted molar refractivity (Wildman–Crippen MR) is 100 cm³/mol. The van der Waals surface area contributed by atoms with E-state index in [1.807, 2.05) is 36.4 Å². The Morgan fingerprint density at radius 3 is 2.32 bits per heavy atom. The van der Waals surface area contributed by atoms with E-state index in [1.165, 1.54) is 6.26 Å². The molecule has 0 saturated carbocycles. The fourth-order valence-electron chi connectivity index (χ4n) is 2.73. The van der Waals surface area contributed by atoms with Crippen LogP contribution in [0.1, 0.15) is 54.6 Å². The van der Waals surface area contributed by atoms with Crippen LogP contribution in [0.5, 0.6) is 0 Å². The highest BCUT2D eigenvalue weighted by Crippen LogP contribution is 2.27. The molecule has 0 bridgehead atoms. The molecule has 2 atom stereocenters. The molecule has 25 heavy (non-hydrogen) atoms. The minimum Gasteiger partial charge on any atom is -0.431 e. The van der Waals surface area contributed by atoms with Crippen LogP contribution in [0.3, 0.4) is 0 Å². The molecule has 0 radical (unpaired) electrons. The number of benzene rings is 2. The Bertz CT molecular complexity index is 649. The molecule has 2 rings (SSSR count). The molecule has 0 spiro atoms. The lowest BCUT2D eigenvalue weighted by atomic mass is 9.91. The Morgan fingerprint density at radius 1 is 1.04 bits per heavy atom. The normalized spacial score (nSPS) is 13.5. The van der Waals surface area contributed by atoms with E-state index in [1.54, 1.807) is 30.3 Å². The largest absolute Gasteiger partial charge is 0.431 e. The van der Waals surface area contributed by atoms with Gasteiger partial charge in [-0.25, -0.2) is 4.79 Å². The highest BCUT2D eigenvalue weighted by Gasteiger charge is 2.18. The van der Waals surface area contributed by atoms with Crippen LogP contribution in [0.4, 0.5) is 0 Å². The number of esters is 1. The summed E-state index contributed by atoms with van der Waals surface area (Å²) >= 11 is 0. The summed E-state index contributed by atoms with van der Waals surface area (Å²) in [7, 11) is 0. The van der Waals surface area contributed by atoms with E-state index in [9.17, 15) is 9.90 Å². The molecule has 0 aliphatic carbocycles. The Hall–Kier alpha value is -2.39. The van der Waals surface area contributed by atoms with Crippen molar-refractivity contribution in [2.75, 3.05) is 0 Å². The fraction of sp³-hybridized carbons (Fsp3) is 0.318. The van der Waals surface area contributed by atoms with Crippen molar-refractivity contribution in [2.24, 2.45) is 5.92 Å². The first-order valence-corrected chi connectivity index (χ1v) is 8.88. The first kappa shape index (κ1) is 18.9. The van der Waals surface area contributed by atoms with Crippen molar-refractivity contribution in [3.63, 3.8) is 0 Å². The third-order valence-electron chi connectivity index (χ3n) is 4.20. The lowest BCUT2D eigenvalue weighted by Gasteiger charge is -2.20. The Kier molecular flexibility index (Phi) is 7.93. The van der Waals surface area contributed by atoms with Crippen molar-refractivity contribution in [1.29, 1.82) is 0 Å². The van der Waals surface area contributed by atoms with E-state index >= 15 is 0 Å². The molecule has 0 unspecified atom stereocenters. The number of unbranched alkanes of at least 4 members (excludes halogenated alkanes) is 2. The van der Waals surface area contributed by atoms with Gasteiger partial charge in [-0.05, 0) is 30.2 Å². The van der Waals surface area contributed by atoms with Gasteiger partial charge in [-0.15, -0.1) is 0 Å². The molecule has 0 amide bonds. The van der Waals surface area contributed by atoms with Crippen molar-refractivity contribution in [3.8, 4) is 0 Å². The maximum atomic E-state index is 12.0. The van der Waals surface area contributed by atoms with Gasteiger partial charge >= 0.3 is 5.97 Å². The van der Waals surface area contributed by atoms with E-state index in [2.05, 4.69) is 6.92 Å². The fourth-order valence-corrected chi connectivity index (χ4v) is 2.73. The molecule has 2 aromatic rings. The molecule has 2 aromatic carbocycles. The van der Waals surface area contributed by atoms with Gasteiger partial charge in [-0.1, -0.05) is 74.7 Å². The SMILES string of the molecule is CCCCC[C@@H](/C=C/OC(=O)c1ccccc1)[C@H](O)c1ccccc1. The van der Waals surface area contributed by atoms with E-state index < -0.39 is 12.1 Å².